The highest BCUT2D eigenvalue weighted by molar-refractivity contribution is 6.30. The van der Waals surface area contributed by atoms with Gasteiger partial charge in [-0.15, -0.1) is 0 Å². The second kappa shape index (κ2) is 4.86. The first-order valence-corrected chi connectivity index (χ1v) is 5.83. The molecule has 0 radical (unpaired) electrons. The van der Waals surface area contributed by atoms with Gasteiger partial charge in [-0.05, 0) is 42.3 Å². The second-order valence-electron chi connectivity index (χ2n) is 4.31. The summed E-state index contributed by atoms with van der Waals surface area (Å²) in [5, 5.41) is 11.2. The number of pyridine rings is 1. The van der Waals surface area contributed by atoms with Crippen LogP contribution >= 0.6 is 11.6 Å². The third kappa shape index (κ3) is 3.05. The predicted octanol–water partition coefficient (Wildman–Crippen LogP) is 3.19. The Kier molecular flexibility index (Phi) is 3.46. The summed E-state index contributed by atoms with van der Waals surface area (Å²) in [6, 6.07) is 11.2. The number of nitrogens with zero attached hydrogens (tertiary/aromatic N) is 1. The maximum absolute atomic E-state index is 10.4. The van der Waals surface area contributed by atoms with E-state index >= 15 is 0 Å². The van der Waals surface area contributed by atoms with Gasteiger partial charge in [-0.1, -0.05) is 23.7 Å². The van der Waals surface area contributed by atoms with Crippen LogP contribution in [0, 0.1) is 0 Å². The summed E-state index contributed by atoms with van der Waals surface area (Å²) in [5.74, 6) is 0. The zero-order chi connectivity index (χ0) is 12.3. The second-order valence-corrected chi connectivity index (χ2v) is 4.75. The Bertz CT molecular complexity index is 479. The van der Waals surface area contributed by atoms with E-state index in [1.807, 2.05) is 36.4 Å². The van der Waals surface area contributed by atoms with Crippen LogP contribution in [0.1, 0.15) is 18.1 Å². The molecule has 1 aromatic carbocycles. The molecule has 0 amide bonds. The number of aromatic nitrogens is 1. The Hall–Kier alpha value is -1.38. The van der Waals surface area contributed by atoms with Gasteiger partial charge >= 0.3 is 0 Å². The summed E-state index contributed by atoms with van der Waals surface area (Å²) >= 11 is 5.83. The first kappa shape index (κ1) is 12.1. The fraction of sp³-hybridized carbons (Fsp3) is 0.214. The monoisotopic (exact) mass is 247 g/mol. The SMILES string of the molecule is C[C@](O)(Cc1ccc(Cl)cc1)c1ccncc1. The van der Waals surface area contributed by atoms with Crippen molar-refractivity contribution in [2.24, 2.45) is 0 Å². The Morgan fingerprint density at radius 2 is 1.71 bits per heavy atom. The first-order chi connectivity index (χ1) is 8.08. The smallest absolute Gasteiger partial charge is 0.0909 e. The van der Waals surface area contributed by atoms with E-state index in [4.69, 9.17) is 11.6 Å². The number of halogens is 1. The van der Waals surface area contributed by atoms with Gasteiger partial charge in [0.25, 0.3) is 0 Å². The Morgan fingerprint density at radius 3 is 2.29 bits per heavy atom. The topological polar surface area (TPSA) is 33.1 Å². The number of hydrogen-bond donors (Lipinski definition) is 1. The number of aliphatic hydroxyl groups is 1. The summed E-state index contributed by atoms with van der Waals surface area (Å²) < 4.78 is 0. The molecule has 0 fully saturated rings. The van der Waals surface area contributed by atoms with Crippen molar-refractivity contribution in [3.63, 3.8) is 0 Å². The molecule has 2 aromatic rings. The number of hydrogen-bond acceptors (Lipinski definition) is 2. The lowest BCUT2D eigenvalue weighted by Gasteiger charge is -2.23. The Balaban J connectivity index is 2.20. The van der Waals surface area contributed by atoms with Crippen molar-refractivity contribution >= 4 is 11.6 Å². The fourth-order valence-corrected chi connectivity index (χ4v) is 1.94. The summed E-state index contributed by atoms with van der Waals surface area (Å²) in [5.41, 5.74) is 1.02. The summed E-state index contributed by atoms with van der Waals surface area (Å²) in [6.07, 6.45) is 3.92. The molecule has 0 saturated carbocycles. The zero-order valence-corrected chi connectivity index (χ0v) is 10.4. The van der Waals surface area contributed by atoms with Crippen LogP contribution in [0.5, 0.6) is 0 Å². The molecule has 1 N–H and O–H groups in total. The van der Waals surface area contributed by atoms with Gasteiger partial charge in [0.15, 0.2) is 0 Å². The van der Waals surface area contributed by atoms with Crippen molar-refractivity contribution in [1.29, 1.82) is 0 Å². The van der Waals surface area contributed by atoms with E-state index < -0.39 is 5.60 Å². The summed E-state index contributed by atoms with van der Waals surface area (Å²) in [6.45, 7) is 1.80. The van der Waals surface area contributed by atoms with Crippen molar-refractivity contribution < 1.29 is 5.11 Å². The minimum atomic E-state index is -0.892. The molecule has 2 nitrogen and oxygen atoms in total. The quantitative estimate of drug-likeness (QED) is 0.904. The van der Waals surface area contributed by atoms with Gasteiger partial charge in [0.05, 0.1) is 5.60 Å². The van der Waals surface area contributed by atoms with Gasteiger partial charge in [-0.2, -0.15) is 0 Å². The molecule has 1 atom stereocenters. The largest absolute Gasteiger partial charge is 0.385 e. The van der Waals surface area contributed by atoms with Crippen molar-refractivity contribution in [1.82, 2.24) is 4.98 Å². The average Bonchev–Trinajstić information content (AvgIpc) is 2.33. The van der Waals surface area contributed by atoms with E-state index in [0.717, 1.165) is 11.1 Å². The molecule has 17 heavy (non-hydrogen) atoms. The number of benzene rings is 1. The molecule has 88 valence electrons. The maximum atomic E-state index is 10.4. The molecule has 1 heterocycles. The third-order valence-corrected chi connectivity index (χ3v) is 3.02. The lowest BCUT2D eigenvalue weighted by molar-refractivity contribution is 0.0575. The van der Waals surface area contributed by atoms with Gasteiger partial charge in [0.1, 0.15) is 0 Å². The molecule has 0 aliphatic carbocycles. The standard InChI is InChI=1S/C14H14ClNO/c1-14(17,12-6-8-16-9-7-12)10-11-2-4-13(15)5-3-11/h2-9,17H,10H2,1H3/t14-/m0/s1. The lowest BCUT2D eigenvalue weighted by atomic mass is 9.90. The molecule has 0 saturated heterocycles. The van der Waals surface area contributed by atoms with Gasteiger partial charge < -0.3 is 5.11 Å². The van der Waals surface area contributed by atoms with Gasteiger partial charge in [-0.3, -0.25) is 4.98 Å². The van der Waals surface area contributed by atoms with Crippen LogP contribution in [-0.4, -0.2) is 10.1 Å². The highest BCUT2D eigenvalue weighted by Crippen LogP contribution is 2.25. The van der Waals surface area contributed by atoms with E-state index in [1.54, 1.807) is 19.3 Å². The van der Waals surface area contributed by atoms with Crippen molar-refractivity contribution in [3.8, 4) is 0 Å². The summed E-state index contributed by atoms with van der Waals surface area (Å²) in [7, 11) is 0. The van der Waals surface area contributed by atoms with Crippen LogP contribution in [0.3, 0.4) is 0 Å². The highest BCUT2D eigenvalue weighted by atomic mass is 35.5. The third-order valence-electron chi connectivity index (χ3n) is 2.76. The van der Waals surface area contributed by atoms with E-state index in [0.29, 0.717) is 11.4 Å². The Morgan fingerprint density at radius 1 is 1.12 bits per heavy atom. The molecule has 0 bridgehead atoms. The molecule has 2 rings (SSSR count). The molecule has 0 unspecified atom stereocenters. The van der Waals surface area contributed by atoms with Crippen LogP contribution in [0.4, 0.5) is 0 Å². The first-order valence-electron chi connectivity index (χ1n) is 5.45. The molecule has 0 aliphatic heterocycles. The highest BCUT2D eigenvalue weighted by Gasteiger charge is 2.23. The van der Waals surface area contributed by atoms with E-state index in [-0.39, 0.29) is 0 Å². The van der Waals surface area contributed by atoms with Crippen LogP contribution in [-0.2, 0) is 12.0 Å². The lowest BCUT2D eigenvalue weighted by Crippen LogP contribution is -2.24. The van der Waals surface area contributed by atoms with Crippen molar-refractivity contribution in [2.45, 2.75) is 18.9 Å². The molecule has 0 aliphatic rings. The Labute approximate surface area is 106 Å². The van der Waals surface area contributed by atoms with Crippen LogP contribution < -0.4 is 0 Å². The molecular weight excluding hydrogens is 234 g/mol. The van der Waals surface area contributed by atoms with Crippen LogP contribution in [0.15, 0.2) is 48.8 Å². The summed E-state index contributed by atoms with van der Waals surface area (Å²) in [4.78, 5) is 3.95. The average molecular weight is 248 g/mol. The molecule has 0 spiro atoms. The van der Waals surface area contributed by atoms with Crippen LogP contribution in [0.25, 0.3) is 0 Å². The van der Waals surface area contributed by atoms with Crippen LogP contribution in [0.2, 0.25) is 5.02 Å². The van der Waals surface area contributed by atoms with E-state index in [9.17, 15) is 5.11 Å². The minimum Gasteiger partial charge on any atom is -0.385 e. The van der Waals surface area contributed by atoms with E-state index in [2.05, 4.69) is 4.98 Å². The predicted molar refractivity (Wildman–Crippen MR) is 69.0 cm³/mol. The van der Waals surface area contributed by atoms with Gasteiger partial charge in [0, 0.05) is 23.8 Å². The molecule has 3 heteroatoms. The normalized spacial score (nSPS) is 14.3. The minimum absolute atomic E-state index is 0.550. The molecular formula is C14H14ClNO. The van der Waals surface area contributed by atoms with Crippen molar-refractivity contribution in [3.05, 3.63) is 64.9 Å². The van der Waals surface area contributed by atoms with Gasteiger partial charge in [-0.25, -0.2) is 0 Å². The number of rotatable bonds is 3. The van der Waals surface area contributed by atoms with E-state index in [1.165, 1.54) is 0 Å². The zero-order valence-electron chi connectivity index (χ0n) is 9.60. The maximum Gasteiger partial charge on any atom is 0.0909 e. The fourth-order valence-electron chi connectivity index (χ4n) is 1.81. The van der Waals surface area contributed by atoms with Crippen molar-refractivity contribution in [2.75, 3.05) is 0 Å². The van der Waals surface area contributed by atoms with Gasteiger partial charge in [0.2, 0.25) is 0 Å². The molecule has 1 aromatic heterocycles.